The average Bonchev–Trinajstić information content (AvgIpc) is 3.18. The highest BCUT2D eigenvalue weighted by atomic mass is 35.5. The van der Waals surface area contributed by atoms with E-state index in [0.29, 0.717) is 34.4 Å². The van der Waals surface area contributed by atoms with E-state index < -0.39 is 5.82 Å². The molecule has 0 bridgehead atoms. The first-order valence-electron chi connectivity index (χ1n) is 12.3. The van der Waals surface area contributed by atoms with Gasteiger partial charge in [-0.1, -0.05) is 23.7 Å². The number of carbonyl (C=O) groups excluding carboxylic acids is 1. The molecule has 0 spiro atoms. The zero-order chi connectivity index (χ0) is 26.1. The molecule has 2 aromatic heterocycles. The van der Waals surface area contributed by atoms with Gasteiger partial charge in [-0.05, 0) is 68.9 Å². The molecule has 2 heterocycles. The molecule has 1 saturated carbocycles. The van der Waals surface area contributed by atoms with E-state index in [2.05, 4.69) is 10.3 Å². The van der Waals surface area contributed by atoms with E-state index in [0.717, 1.165) is 36.7 Å². The highest BCUT2D eigenvalue weighted by molar-refractivity contribution is 6.30. The number of halogens is 2. The monoisotopic (exact) mass is 522 g/mol. The lowest BCUT2D eigenvalue weighted by Crippen LogP contribution is -2.39. The van der Waals surface area contributed by atoms with Crippen LogP contribution in [0.2, 0.25) is 5.02 Å². The highest BCUT2D eigenvalue weighted by Crippen LogP contribution is 2.28. The van der Waals surface area contributed by atoms with Gasteiger partial charge in [0.2, 0.25) is 0 Å². The number of imidazole rings is 1. The summed E-state index contributed by atoms with van der Waals surface area (Å²) >= 11 is 6.02. The molecule has 0 saturated heterocycles. The number of nitrogens with zero attached hydrogens (tertiary/aromatic N) is 3. The summed E-state index contributed by atoms with van der Waals surface area (Å²) in [6, 6.07) is 13.8. The van der Waals surface area contributed by atoms with Crippen molar-refractivity contribution in [2.75, 3.05) is 7.11 Å². The van der Waals surface area contributed by atoms with Crippen molar-refractivity contribution < 1.29 is 13.9 Å². The molecule has 2 aromatic carbocycles. The van der Waals surface area contributed by atoms with Gasteiger partial charge in [0.05, 0.1) is 40.1 Å². The lowest BCUT2D eigenvalue weighted by molar-refractivity contribution is 0.0919. The standard InChI is InChI=1S/C28H28ClFN4O3/c1-17-22(13-19(29)15-31-17)27(35)32-20-9-7-18(8-10-20)16-33-24-5-3-4-6-25(24)34(28(33)36)21-11-12-23(30)26(14-21)37-2/h3-6,11-15,18,20H,7-10,16H2,1-2H3,(H,32,35)/t18-,20-. The molecule has 0 atom stereocenters. The zero-order valence-electron chi connectivity index (χ0n) is 20.7. The number of rotatable bonds is 6. The second-order valence-corrected chi connectivity index (χ2v) is 9.95. The molecule has 1 aliphatic carbocycles. The summed E-state index contributed by atoms with van der Waals surface area (Å²) < 4.78 is 22.5. The maximum Gasteiger partial charge on any atom is 0.333 e. The van der Waals surface area contributed by atoms with Crippen LogP contribution in [0.15, 0.2) is 59.5 Å². The van der Waals surface area contributed by atoms with Gasteiger partial charge in [-0.3, -0.25) is 18.9 Å². The number of carbonyl (C=O) groups is 1. The predicted molar refractivity (Wildman–Crippen MR) is 141 cm³/mol. The van der Waals surface area contributed by atoms with Gasteiger partial charge in [0.25, 0.3) is 5.91 Å². The Labute approximate surface area is 218 Å². The third-order valence-electron chi connectivity index (χ3n) is 7.15. The van der Waals surface area contributed by atoms with E-state index >= 15 is 0 Å². The van der Waals surface area contributed by atoms with Crippen molar-refractivity contribution in [1.29, 1.82) is 0 Å². The maximum atomic E-state index is 14.0. The third-order valence-corrected chi connectivity index (χ3v) is 7.36. The van der Waals surface area contributed by atoms with Crippen molar-refractivity contribution in [3.05, 3.63) is 87.3 Å². The Morgan fingerprint density at radius 1 is 1.14 bits per heavy atom. The second-order valence-electron chi connectivity index (χ2n) is 9.51. The number of methoxy groups -OCH3 is 1. The van der Waals surface area contributed by atoms with E-state index in [1.165, 1.54) is 19.4 Å². The Kier molecular flexibility index (Phi) is 7.02. The van der Waals surface area contributed by atoms with Crippen molar-refractivity contribution in [2.45, 2.75) is 45.2 Å². The molecule has 9 heteroatoms. The molecule has 1 aliphatic rings. The Bertz CT molecular complexity index is 1520. The van der Waals surface area contributed by atoms with Crippen LogP contribution in [0.5, 0.6) is 5.75 Å². The number of hydrogen-bond donors (Lipinski definition) is 1. The molecule has 1 N–H and O–H groups in total. The van der Waals surface area contributed by atoms with Gasteiger partial charge >= 0.3 is 5.69 Å². The smallest absolute Gasteiger partial charge is 0.333 e. The Hall–Kier alpha value is -3.65. The molecule has 37 heavy (non-hydrogen) atoms. The van der Waals surface area contributed by atoms with Crippen LogP contribution in [0, 0.1) is 18.7 Å². The van der Waals surface area contributed by atoms with Gasteiger partial charge in [-0.15, -0.1) is 0 Å². The molecule has 1 amide bonds. The van der Waals surface area contributed by atoms with E-state index in [1.807, 2.05) is 24.3 Å². The number of para-hydroxylation sites is 2. The first-order chi connectivity index (χ1) is 17.9. The van der Waals surface area contributed by atoms with Gasteiger partial charge in [-0.25, -0.2) is 9.18 Å². The zero-order valence-corrected chi connectivity index (χ0v) is 21.5. The fraction of sp³-hybridized carbons (Fsp3) is 0.321. The predicted octanol–water partition coefficient (Wildman–Crippen LogP) is 5.29. The number of nitrogens with one attached hydrogen (secondary N) is 1. The minimum absolute atomic E-state index is 0.0619. The van der Waals surface area contributed by atoms with Crippen LogP contribution in [0.3, 0.4) is 0 Å². The first-order valence-corrected chi connectivity index (χ1v) is 12.7. The molecule has 1 fully saturated rings. The van der Waals surface area contributed by atoms with Crippen LogP contribution in [0.1, 0.15) is 41.7 Å². The molecule has 0 aliphatic heterocycles. The van der Waals surface area contributed by atoms with Crippen LogP contribution >= 0.6 is 11.6 Å². The normalized spacial score (nSPS) is 17.6. The molecular formula is C28H28ClFN4O3. The Morgan fingerprint density at radius 2 is 1.86 bits per heavy atom. The maximum absolute atomic E-state index is 14.0. The van der Waals surface area contributed by atoms with E-state index in [4.69, 9.17) is 16.3 Å². The van der Waals surface area contributed by atoms with Crippen molar-refractivity contribution in [3.8, 4) is 11.4 Å². The molecule has 192 valence electrons. The summed E-state index contributed by atoms with van der Waals surface area (Å²) in [5.41, 5.74) is 3.10. The lowest BCUT2D eigenvalue weighted by Gasteiger charge is -2.29. The summed E-state index contributed by atoms with van der Waals surface area (Å²) in [6.07, 6.45) is 4.95. The van der Waals surface area contributed by atoms with Crippen molar-refractivity contribution in [1.82, 2.24) is 19.4 Å². The minimum atomic E-state index is -0.478. The average molecular weight is 523 g/mol. The largest absolute Gasteiger partial charge is 0.494 e. The van der Waals surface area contributed by atoms with Gasteiger partial charge in [0.15, 0.2) is 11.6 Å². The number of benzene rings is 2. The van der Waals surface area contributed by atoms with Crippen LogP contribution < -0.4 is 15.7 Å². The van der Waals surface area contributed by atoms with Crippen LogP contribution in [0.4, 0.5) is 4.39 Å². The molecule has 4 aromatic rings. The number of hydrogen-bond acceptors (Lipinski definition) is 4. The molecule has 7 nitrogen and oxygen atoms in total. The summed E-state index contributed by atoms with van der Waals surface area (Å²) in [7, 11) is 1.40. The SMILES string of the molecule is COc1cc(-n2c(=O)n(C[C@H]3CC[C@H](NC(=O)c4cc(Cl)cnc4C)CC3)c3ccccc32)ccc1F. The summed E-state index contributed by atoms with van der Waals surface area (Å²) in [4.78, 5) is 30.5. The third kappa shape index (κ3) is 4.98. The van der Waals surface area contributed by atoms with Crippen molar-refractivity contribution in [2.24, 2.45) is 5.92 Å². The van der Waals surface area contributed by atoms with Crippen LogP contribution in [-0.4, -0.2) is 33.2 Å². The number of pyridine rings is 1. The fourth-order valence-corrected chi connectivity index (χ4v) is 5.33. The van der Waals surface area contributed by atoms with Gasteiger partial charge in [0.1, 0.15) is 0 Å². The number of ether oxygens (including phenoxy) is 1. The van der Waals surface area contributed by atoms with E-state index in [9.17, 15) is 14.0 Å². The van der Waals surface area contributed by atoms with E-state index in [-0.39, 0.29) is 23.4 Å². The van der Waals surface area contributed by atoms with Gasteiger partial charge < -0.3 is 10.1 Å². The highest BCUT2D eigenvalue weighted by Gasteiger charge is 2.26. The Balaban J connectivity index is 1.33. The number of aryl methyl sites for hydroxylation is 1. The molecular weight excluding hydrogens is 495 g/mol. The fourth-order valence-electron chi connectivity index (χ4n) is 5.17. The Morgan fingerprint density at radius 3 is 2.59 bits per heavy atom. The summed E-state index contributed by atoms with van der Waals surface area (Å²) in [5.74, 6) is -0.258. The summed E-state index contributed by atoms with van der Waals surface area (Å²) in [5, 5.41) is 3.55. The van der Waals surface area contributed by atoms with Crippen molar-refractivity contribution >= 4 is 28.5 Å². The lowest BCUT2D eigenvalue weighted by atomic mass is 9.85. The van der Waals surface area contributed by atoms with Crippen LogP contribution in [0.25, 0.3) is 16.7 Å². The summed E-state index contributed by atoms with van der Waals surface area (Å²) in [6.45, 7) is 2.36. The quantitative estimate of drug-likeness (QED) is 0.373. The number of amides is 1. The van der Waals surface area contributed by atoms with Crippen molar-refractivity contribution in [3.63, 3.8) is 0 Å². The molecule has 0 unspecified atom stereocenters. The number of aromatic nitrogens is 3. The molecule has 0 radical (unpaired) electrons. The second kappa shape index (κ2) is 10.4. The van der Waals surface area contributed by atoms with Gasteiger partial charge in [-0.2, -0.15) is 0 Å². The topological polar surface area (TPSA) is 78.1 Å². The van der Waals surface area contributed by atoms with E-state index in [1.54, 1.807) is 34.3 Å². The van der Waals surface area contributed by atoms with Crippen LogP contribution in [-0.2, 0) is 6.54 Å². The number of fused-ring (bicyclic) bond motifs is 1. The first kappa shape index (κ1) is 25.0. The van der Waals surface area contributed by atoms with Gasteiger partial charge in [0, 0.05) is 24.8 Å². The molecule has 5 rings (SSSR count). The minimum Gasteiger partial charge on any atom is -0.494 e.